The van der Waals surface area contributed by atoms with E-state index >= 15 is 0 Å². The topological polar surface area (TPSA) is 23.6 Å². The van der Waals surface area contributed by atoms with E-state index in [9.17, 15) is 9.18 Å². The maximum absolute atomic E-state index is 13.8. The van der Waals surface area contributed by atoms with Gasteiger partial charge in [0.25, 0.3) is 0 Å². The molecular weight excluding hydrogens is 335 g/mol. The lowest BCUT2D eigenvalue weighted by Crippen LogP contribution is -2.39. The van der Waals surface area contributed by atoms with Crippen molar-refractivity contribution < 1.29 is 9.18 Å². The van der Waals surface area contributed by atoms with Crippen molar-refractivity contribution in [3.8, 4) is 0 Å². The van der Waals surface area contributed by atoms with Gasteiger partial charge >= 0.3 is 0 Å². The van der Waals surface area contributed by atoms with Crippen molar-refractivity contribution in [3.63, 3.8) is 0 Å². The number of rotatable bonds is 4. The Labute approximate surface area is 152 Å². The summed E-state index contributed by atoms with van der Waals surface area (Å²) in [6.07, 6.45) is 0.960. The summed E-state index contributed by atoms with van der Waals surface area (Å²) in [7, 11) is 1.85. The Morgan fingerprint density at radius 1 is 1.24 bits per heavy atom. The van der Waals surface area contributed by atoms with Gasteiger partial charge in [-0.15, -0.1) is 11.8 Å². The number of thioether (sulfide) groups is 1. The summed E-state index contributed by atoms with van der Waals surface area (Å²) in [5.41, 5.74) is 1.60. The molecule has 5 heteroatoms. The molecule has 0 aromatic heterocycles. The molecule has 3 nitrogen and oxygen atoms in total. The molecule has 0 spiro atoms. The van der Waals surface area contributed by atoms with Gasteiger partial charge in [0.2, 0.25) is 5.91 Å². The highest BCUT2D eigenvalue weighted by atomic mass is 32.2. The number of hydrogen-bond acceptors (Lipinski definition) is 3. The third-order valence-corrected chi connectivity index (χ3v) is 5.58. The van der Waals surface area contributed by atoms with Gasteiger partial charge in [0.05, 0.1) is 12.2 Å². The molecule has 1 aliphatic heterocycles. The minimum absolute atomic E-state index is 0.0565. The van der Waals surface area contributed by atoms with E-state index in [2.05, 4.69) is 13.0 Å². The number of hydrogen-bond donors (Lipinski definition) is 0. The Balaban J connectivity index is 1.71. The molecule has 0 N–H and O–H groups in total. The number of anilines is 1. The number of amides is 1. The van der Waals surface area contributed by atoms with E-state index in [4.69, 9.17) is 0 Å². The van der Waals surface area contributed by atoms with E-state index in [0.717, 1.165) is 23.5 Å². The van der Waals surface area contributed by atoms with Gasteiger partial charge in [-0.25, -0.2) is 4.39 Å². The van der Waals surface area contributed by atoms with Crippen LogP contribution in [0.3, 0.4) is 0 Å². The molecule has 0 fully saturated rings. The zero-order valence-corrected chi connectivity index (χ0v) is 15.4. The average Bonchev–Trinajstić information content (AvgIpc) is 2.75. The third-order valence-electron chi connectivity index (χ3n) is 4.35. The highest BCUT2D eigenvalue weighted by molar-refractivity contribution is 8.00. The van der Waals surface area contributed by atoms with Crippen LogP contribution in [0.4, 0.5) is 10.1 Å². The Kier molecular flexibility index (Phi) is 5.76. The number of likely N-dealkylation sites (N-methyl/N-ethyl adjacent to an activating group) is 1. The summed E-state index contributed by atoms with van der Waals surface area (Å²) in [6, 6.07) is 14.8. The van der Waals surface area contributed by atoms with E-state index in [1.54, 1.807) is 12.1 Å². The molecule has 1 aliphatic rings. The van der Waals surface area contributed by atoms with Crippen LogP contribution in [0.25, 0.3) is 0 Å². The van der Waals surface area contributed by atoms with Crippen LogP contribution in [-0.4, -0.2) is 36.2 Å². The van der Waals surface area contributed by atoms with Gasteiger partial charge in [-0.1, -0.05) is 37.3 Å². The molecule has 132 valence electrons. The van der Waals surface area contributed by atoms with Gasteiger partial charge in [-0.05, 0) is 31.7 Å². The molecule has 0 saturated heterocycles. The highest BCUT2D eigenvalue weighted by Crippen LogP contribution is 2.37. The summed E-state index contributed by atoms with van der Waals surface area (Å²) >= 11 is 1.82. The molecular formula is C20H23FN2OS. The van der Waals surface area contributed by atoms with Crippen molar-refractivity contribution in [1.82, 2.24) is 4.90 Å². The highest BCUT2D eigenvalue weighted by Gasteiger charge is 2.24. The lowest BCUT2D eigenvalue weighted by molar-refractivity contribution is -0.119. The number of carbonyl (C=O) groups is 1. The molecule has 1 amide bonds. The quantitative estimate of drug-likeness (QED) is 0.819. The Morgan fingerprint density at radius 3 is 2.76 bits per heavy atom. The number of halogens is 1. The predicted molar refractivity (Wildman–Crippen MR) is 101 cm³/mol. The van der Waals surface area contributed by atoms with Gasteiger partial charge in [-0.2, -0.15) is 0 Å². The fraction of sp³-hybridized carbons (Fsp3) is 0.350. The normalized spacial score (nSPS) is 17.3. The maximum atomic E-state index is 13.8. The predicted octanol–water partition coefficient (Wildman–Crippen LogP) is 4.18. The molecule has 3 rings (SSSR count). The number of para-hydroxylation sites is 1. The van der Waals surface area contributed by atoms with Crippen molar-refractivity contribution in [2.24, 2.45) is 0 Å². The van der Waals surface area contributed by atoms with Crippen LogP contribution in [0, 0.1) is 5.82 Å². The summed E-state index contributed by atoms with van der Waals surface area (Å²) < 4.78 is 13.8. The van der Waals surface area contributed by atoms with E-state index < -0.39 is 0 Å². The zero-order chi connectivity index (χ0) is 17.8. The lowest BCUT2D eigenvalue weighted by atomic mass is 10.2. The maximum Gasteiger partial charge on any atom is 0.241 e. The first-order valence-corrected chi connectivity index (χ1v) is 9.40. The van der Waals surface area contributed by atoms with Crippen LogP contribution in [0.5, 0.6) is 0 Å². The Morgan fingerprint density at radius 2 is 1.96 bits per heavy atom. The zero-order valence-electron chi connectivity index (χ0n) is 14.6. The molecule has 0 aliphatic carbocycles. The molecule has 2 aromatic carbocycles. The molecule has 1 atom stereocenters. The molecule has 2 aromatic rings. The van der Waals surface area contributed by atoms with Crippen LogP contribution < -0.4 is 4.90 Å². The van der Waals surface area contributed by atoms with Crippen molar-refractivity contribution in [3.05, 3.63) is 59.9 Å². The SMILES string of the molecule is C[C@H]1CCN(C(=O)CN(C)Cc2ccccc2F)c2ccccc2S1. The average molecular weight is 358 g/mol. The molecule has 0 bridgehead atoms. The van der Waals surface area contributed by atoms with E-state index in [-0.39, 0.29) is 18.3 Å². The molecule has 0 saturated carbocycles. The molecule has 25 heavy (non-hydrogen) atoms. The van der Waals surface area contributed by atoms with Crippen molar-refractivity contribution >= 4 is 23.4 Å². The van der Waals surface area contributed by atoms with Crippen LogP contribution in [0.2, 0.25) is 0 Å². The number of carbonyl (C=O) groups excluding carboxylic acids is 1. The smallest absolute Gasteiger partial charge is 0.241 e. The first kappa shape index (κ1) is 18.0. The van der Waals surface area contributed by atoms with Gasteiger partial charge in [0, 0.05) is 28.8 Å². The van der Waals surface area contributed by atoms with Gasteiger partial charge in [0.1, 0.15) is 5.82 Å². The monoisotopic (exact) mass is 358 g/mol. The minimum Gasteiger partial charge on any atom is -0.310 e. The van der Waals surface area contributed by atoms with Crippen molar-refractivity contribution in [2.45, 2.75) is 30.0 Å². The van der Waals surface area contributed by atoms with Crippen LogP contribution in [0.15, 0.2) is 53.4 Å². The van der Waals surface area contributed by atoms with E-state index in [1.807, 2.05) is 52.9 Å². The molecule has 0 radical (unpaired) electrons. The summed E-state index contributed by atoms with van der Waals surface area (Å²) in [6.45, 7) is 3.60. The lowest BCUT2D eigenvalue weighted by Gasteiger charge is -2.25. The van der Waals surface area contributed by atoms with Crippen LogP contribution in [-0.2, 0) is 11.3 Å². The van der Waals surface area contributed by atoms with Gasteiger partial charge < -0.3 is 4.90 Å². The second-order valence-electron chi connectivity index (χ2n) is 6.49. The second-order valence-corrected chi connectivity index (χ2v) is 7.97. The third kappa shape index (κ3) is 4.41. The second kappa shape index (κ2) is 8.02. The first-order valence-electron chi connectivity index (χ1n) is 8.52. The number of fused-ring (bicyclic) bond motifs is 1. The minimum atomic E-state index is -0.229. The standard InChI is InChI=1S/C20H23FN2OS/c1-15-11-12-23(18-9-5-6-10-19(18)25-15)20(24)14-22(2)13-16-7-3-4-8-17(16)21/h3-10,15H,11-14H2,1-2H3/t15-/m0/s1. The summed E-state index contributed by atoms with van der Waals surface area (Å²) in [5, 5.41) is 0.482. The number of benzene rings is 2. The van der Waals surface area contributed by atoms with E-state index in [1.165, 1.54) is 6.07 Å². The first-order chi connectivity index (χ1) is 12.0. The fourth-order valence-electron chi connectivity index (χ4n) is 3.04. The summed E-state index contributed by atoms with van der Waals surface area (Å²) in [5.74, 6) is -0.173. The Bertz CT molecular complexity index is 752. The van der Waals surface area contributed by atoms with Crippen molar-refractivity contribution in [2.75, 3.05) is 25.0 Å². The summed E-state index contributed by atoms with van der Waals surface area (Å²) in [4.78, 5) is 17.8. The van der Waals surface area contributed by atoms with Gasteiger partial charge in [-0.3, -0.25) is 9.69 Å². The van der Waals surface area contributed by atoms with E-state index in [0.29, 0.717) is 17.4 Å². The van der Waals surface area contributed by atoms with Gasteiger partial charge in [0.15, 0.2) is 0 Å². The molecule has 0 unspecified atom stereocenters. The number of nitrogens with zero attached hydrogens (tertiary/aromatic N) is 2. The largest absolute Gasteiger partial charge is 0.310 e. The Hall–Kier alpha value is -1.85. The fourth-order valence-corrected chi connectivity index (χ4v) is 4.15. The molecule has 1 heterocycles. The van der Waals surface area contributed by atoms with Crippen LogP contribution >= 0.6 is 11.8 Å². The van der Waals surface area contributed by atoms with Crippen LogP contribution in [0.1, 0.15) is 18.9 Å². The van der Waals surface area contributed by atoms with Crippen molar-refractivity contribution in [1.29, 1.82) is 0 Å².